The maximum atomic E-state index is 12.8. The van der Waals surface area contributed by atoms with Crippen molar-refractivity contribution in [2.24, 2.45) is 0 Å². The standard InChI is InChI=1S/C23H22N2O6S/c1-5-29-23(28)19-12(3)20(13(4)26)32-22(19)24-21(27)16-10-18(31-25-16)14-6-7-17-15(9-14)8-11(2)30-17/h6-7,9-11H,5,8H2,1-4H3,(H,24,27). The van der Waals surface area contributed by atoms with Crippen LogP contribution in [0.15, 0.2) is 28.8 Å². The molecule has 3 heterocycles. The molecule has 0 saturated carbocycles. The number of esters is 1. The lowest BCUT2D eigenvalue weighted by Crippen LogP contribution is -2.15. The second-order valence-corrected chi connectivity index (χ2v) is 8.54. The summed E-state index contributed by atoms with van der Waals surface area (Å²) < 4.78 is 16.2. The predicted molar refractivity (Wildman–Crippen MR) is 119 cm³/mol. The van der Waals surface area contributed by atoms with E-state index in [2.05, 4.69) is 10.5 Å². The van der Waals surface area contributed by atoms with E-state index in [0.717, 1.165) is 34.6 Å². The fourth-order valence-corrected chi connectivity index (χ4v) is 4.73. The summed E-state index contributed by atoms with van der Waals surface area (Å²) in [6.07, 6.45) is 0.927. The lowest BCUT2D eigenvalue weighted by molar-refractivity contribution is 0.0527. The third-order valence-corrected chi connectivity index (χ3v) is 6.40. The maximum Gasteiger partial charge on any atom is 0.341 e. The van der Waals surface area contributed by atoms with E-state index in [1.165, 1.54) is 13.0 Å². The topological polar surface area (TPSA) is 108 Å². The molecule has 1 unspecified atom stereocenters. The van der Waals surface area contributed by atoms with Gasteiger partial charge in [0.2, 0.25) is 0 Å². The molecule has 0 fully saturated rings. The van der Waals surface area contributed by atoms with Gasteiger partial charge in [0.15, 0.2) is 17.2 Å². The number of Topliss-reactive ketones (excluding diaryl/α,β-unsaturated/α-hetero) is 1. The minimum absolute atomic E-state index is 0.0513. The number of anilines is 1. The third kappa shape index (κ3) is 4.03. The second kappa shape index (κ2) is 8.58. The largest absolute Gasteiger partial charge is 0.490 e. The van der Waals surface area contributed by atoms with Crippen LogP contribution in [0.3, 0.4) is 0 Å². The molecule has 2 aromatic heterocycles. The number of benzene rings is 1. The summed E-state index contributed by atoms with van der Waals surface area (Å²) in [5.74, 6) is -0.0638. The van der Waals surface area contributed by atoms with E-state index in [9.17, 15) is 14.4 Å². The zero-order valence-electron chi connectivity index (χ0n) is 18.1. The average molecular weight is 455 g/mol. The molecule has 9 heteroatoms. The van der Waals surface area contributed by atoms with Crippen molar-refractivity contribution in [1.29, 1.82) is 0 Å². The Labute approximate surface area is 188 Å². The Balaban J connectivity index is 1.59. The number of fused-ring (bicyclic) bond motifs is 1. The molecule has 0 saturated heterocycles. The molecule has 1 N–H and O–H groups in total. The van der Waals surface area contributed by atoms with E-state index < -0.39 is 11.9 Å². The first-order chi connectivity index (χ1) is 15.3. The lowest BCUT2D eigenvalue weighted by Gasteiger charge is -2.05. The van der Waals surface area contributed by atoms with Gasteiger partial charge in [0, 0.05) is 18.1 Å². The van der Waals surface area contributed by atoms with Gasteiger partial charge in [0.1, 0.15) is 16.9 Å². The molecule has 32 heavy (non-hydrogen) atoms. The molecule has 1 atom stereocenters. The van der Waals surface area contributed by atoms with E-state index in [1.54, 1.807) is 13.8 Å². The summed E-state index contributed by atoms with van der Waals surface area (Å²) in [5, 5.41) is 6.79. The summed E-state index contributed by atoms with van der Waals surface area (Å²) in [4.78, 5) is 37.6. The van der Waals surface area contributed by atoms with E-state index in [1.807, 2.05) is 25.1 Å². The monoisotopic (exact) mass is 454 g/mol. The van der Waals surface area contributed by atoms with Crippen LogP contribution >= 0.6 is 11.3 Å². The zero-order chi connectivity index (χ0) is 23.0. The van der Waals surface area contributed by atoms with Crippen LogP contribution in [0.5, 0.6) is 5.75 Å². The van der Waals surface area contributed by atoms with Crippen molar-refractivity contribution in [3.05, 3.63) is 51.5 Å². The molecule has 166 valence electrons. The number of carbonyl (C=O) groups excluding carboxylic acids is 3. The third-order valence-electron chi connectivity index (χ3n) is 5.10. The van der Waals surface area contributed by atoms with Gasteiger partial charge in [-0.05, 0) is 57.0 Å². The minimum Gasteiger partial charge on any atom is -0.490 e. The van der Waals surface area contributed by atoms with Gasteiger partial charge in [-0.25, -0.2) is 4.79 Å². The van der Waals surface area contributed by atoms with E-state index >= 15 is 0 Å². The number of amides is 1. The summed E-state index contributed by atoms with van der Waals surface area (Å²) in [5.41, 5.74) is 2.56. The first-order valence-corrected chi connectivity index (χ1v) is 11.0. The SMILES string of the molecule is CCOC(=O)c1c(NC(=O)c2cc(-c3ccc4c(c3)CC(C)O4)on2)sc(C(C)=O)c1C. The average Bonchev–Trinajstić information content (AvgIpc) is 3.43. The minimum atomic E-state index is -0.598. The van der Waals surface area contributed by atoms with E-state index in [-0.39, 0.29) is 34.8 Å². The molecule has 4 rings (SSSR count). The van der Waals surface area contributed by atoms with Crippen molar-refractivity contribution < 1.29 is 28.4 Å². The molecule has 1 aromatic carbocycles. The molecule has 1 amide bonds. The van der Waals surface area contributed by atoms with Gasteiger partial charge in [0.05, 0.1) is 17.0 Å². The molecule has 0 spiro atoms. The number of aromatic nitrogens is 1. The van der Waals surface area contributed by atoms with Crippen molar-refractivity contribution in [3.8, 4) is 17.1 Å². The highest BCUT2D eigenvalue weighted by Gasteiger charge is 2.27. The van der Waals surface area contributed by atoms with Gasteiger partial charge in [-0.3, -0.25) is 9.59 Å². The highest BCUT2D eigenvalue weighted by Crippen LogP contribution is 2.35. The summed E-state index contributed by atoms with van der Waals surface area (Å²) >= 11 is 1.03. The van der Waals surface area contributed by atoms with Crippen LogP contribution < -0.4 is 10.1 Å². The quantitative estimate of drug-likeness (QED) is 0.426. The molecule has 0 radical (unpaired) electrons. The Morgan fingerprint density at radius 3 is 2.78 bits per heavy atom. The number of hydrogen-bond donors (Lipinski definition) is 1. The number of ether oxygens (including phenoxy) is 2. The van der Waals surface area contributed by atoms with Crippen molar-refractivity contribution in [1.82, 2.24) is 5.16 Å². The molecule has 0 aliphatic carbocycles. The van der Waals surface area contributed by atoms with Crippen molar-refractivity contribution in [2.45, 2.75) is 40.2 Å². The molecule has 1 aliphatic rings. The molecular weight excluding hydrogens is 432 g/mol. The highest BCUT2D eigenvalue weighted by atomic mass is 32.1. The van der Waals surface area contributed by atoms with Gasteiger partial charge in [-0.15, -0.1) is 11.3 Å². The molecule has 1 aliphatic heterocycles. The van der Waals surface area contributed by atoms with Crippen LogP contribution in [0, 0.1) is 6.92 Å². The van der Waals surface area contributed by atoms with Gasteiger partial charge >= 0.3 is 5.97 Å². The van der Waals surface area contributed by atoms with Crippen LogP contribution in [-0.4, -0.2) is 35.5 Å². The lowest BCUT2D eigenvalue weighted by atomic mass is 10.1. The number of rotatable bonds is 6. The van der Waals surface area contributed by atoms with Crippen molar-refractivity contribution in [3.63, 3.8) is 0 Å². The number of nitrogens with zero attached hydrogens (tertiary/aromatic N) is 1. The number of thiophene rings is 1. The fourth-order valence-electron chi connectivity index (χ4n) is 3.65. The number of ketones is 1. The van der Waals surface area contributed by atoms with Crippen LogP contribution in [0.2, 0.25) is 0 Å². The number of hydrogen-bond acceptors (Lipinski definition) is 8. The smallest absolute Gasteiger partial charge is 0.341 e. The summed E-state index contributed by atoms with van der Waals surface area (Å²) in [6, 6.07) is 7.22. The Kier molecular flexibility index (Phi) is 5.84. The van der Waals surface area contributed by atoms with Gasteiger partial charge in [-0.2, -0.15) is 0 Å². The molecule has 3 aromatic rings. The van der Waals surface area contributed by atoms with Crippen LogP contribution in [0.1, 0.15) is 62.4 Å². The number of carbonyl (C=O) groups is 3. The normalized spacial score (nSPS) is 14.6. The van der Waals surface area contributed by atoms with Crippen LogP contribution in [0.25, 0.3) is 11.3 Å². The Morgan fingerprint density at radius 1 is 1.28 bits per heavy atom. The Morgan fingerprint density at radius 2 is 2.06 bits per heavy atom. The summed E-state index contributed by atoms with van der Waals surface area (Å²) in [6.45, 7) is 6.93. The van der Waals surface area contributed by atoms with Gasteiger partial charge in [0.25, 0.3) is 5.91 Å². The first kappa shape index (κ1) is 21.8. The summed E-state index contributed by atoms with van der Waals surface area (Å²) in [7, 11) is 0. The van der Waals surface area contributed by atoms with Gasteiger partial charge in [-0.1, -0.05) is 5.16 Å². The molecular formula is C23H22N2O6S. The van der Waals surface area contributed by atoms with Crippen LogP contribution in [0.4, 0.5) is 5.00 Å². The maximum absolute atomic E-state index is 12.8. The molecule has 8 nitrogen and oxygen atoms in total. The van der Waals surface area contributed by atoms with Crippen LogP contribution in [-0.2, 0) is 11.2 Å². The second-order valence-electron chi connectivity index (χ2n) is 7.52. The number of nitrogens with one attached hydrogen (secondary N) is 1. The fraction of sp³-hybridized carbons (Fsp3) is 0.304. The zero-order valence-corrected chi connectivity index (χ0v) is 18.9. The van der Waals surface area contributed by atoms with E-state index in [4.69, 9.17) is 14.0 Å². The Bertz CT molecular complexity index is 1230. The Hall–Kier alpha value is -3.46. The van der Waals surface area contributed by atoms with Crippen molar-refractivity contribution in [2.75, 3.05) is 11.9 Å². The molecule has 0 bridgehead atoms. The predicted octanol–water partition coefficient (Wildman–Crippen LogP) is 4.67. The van der Waals surface area contributed by atoms with Gasteiger partial charge < -0.3 is 19.3 Å². The highest BCUT2D eigenvalue weighted by molar-refractivity contribution is 7.18. The first-order valence-electron chi connectivity index (χ1n) is 10.2. The van der Waals surface area contributed by atoms with Crippen molar-refractivity contribution >= 4 is 34.0 Å². The van der Waals surface area contributed by atoms with E-state index in [0.29, 0.717) is 16.2 Å².